The van der Waals surface area contributed by atoms with E-state index in [0.717, 1.165) is 32.1 Å². The Hall–Kier alpha value is -2.16. The van der Waals surface area contributed by atoms with Crippen LogP contribution >= 0.6 is 11.8 Å². The summed E-state index contributed by atoms with van der Waals surface area (Å²) in [4.78, 5) is 20.9. The van der Waals surface area contributed by atoms with E-state index in [9.17, 15) is 18.0 Å². The van der Waals surface area contributed by atoms with Crippen molar-refractivity contribution in [3.05, 3.63) is 40.4 Å². The molecule has 1 saturated carbocycles. The Morgan fingerprint density at radius 1 is 1.17 bits per heavy atom. The molecule has 156 valence electrons. The number of pyridine rings is 2. The number of nitrogens with one attached hydrogen (secondary N) is 1. The highest BCUT2D eigenvalue weighted by atomic mass is 32.2. The average Bonchev–Trinajstić information content (AvgIpc) is 3.12. The molecule has 4 rings (SSSR count). The lowest BCUT2D eigenvalue weighted by Gasteiger charge is -2.40. The number of halogens is 3. The summed E-state index contributed by atoms with van der Waals surface area (Å²) < 4.78 is 39.6. The van der Waals surface area contributed by atoms with Gasteiger partial charge in [0.05, 0.1) is 5.69 Å². The van der Waals surface area contributed by atoms with Crippen molar-refractivity contribution in [2.75, 3.05) is 23.7 Å². The molecule has 0 amide bonds. The van der Waals surface area contributed by atoms with E-state index < -0.39 is 17.4 Å². The summed E-state index contributed by atoms with van der Waals surface area (Å²) in [5.74, 6) is 0.631. The van der Waals surface area contributed by atoms with Crippen LogP contribution < -0.4 is 16.2 Å². The molecule has 9 heteroatoms. The van der Waals surface area contributed by atoms with Gasteiger partial charge < -0.3 is 15.6 Å². The third kappa shape index (κ3) is 4.10. The molecule has 1 saturated heterocycles. The Bertz CT molecular complexity index is 943. The van der Waals surface area contributed by atoms with E-state index in [1.165, 1.54) is 37.8 Å². The molecular weight excluding hydrogens is 401 g/mol. The summed E-state index contributed by atoms with van der Waals surface area (Å²) in [7, 11) is 0. The molecule has 0 radical (unpaired) electrons. The number of H-pyrrole nitrogens is 1. The van der Waals surface area contributed by atoms with E-state index in [4.69, 9.17) is 5.73 Å². The summed E-state index contributed by atoms with van der Waals surface area (Å²) in [5.41, 5.74) is 5.20. The number of piperidine rings is 1. The molecule has 1 spiro atoms. The highest BCUT2D eigenvalue weighted by Gasteiger charge is 2.38. The van der Waals surface area contributed by atoms with Gasteiger partial charge >= 0.3 is 6.18 Å². The van der Waals surface area contributed by atoms with E-state index in [-0.39, 0.29) is 15.5 Å². The van der Waals surface area contributed by atoms with Gasteiger partial charge in [0.1, 0.15) is 10.7 Å². The van der Waals surface area contributed by atoms with Crippen LogP contribution in [0.25, 0.3) is 0 Å². The number of nitrogens with zero attached hydrogens (tertiary/aromatic N) is 2. The standard InChI is InChI=1S/C20H23F3N4OS/c21-20(22,23)17-14(4-3-9-25-17)29-16-13(24)12-15(26-18(16)28)27-10-7-19(8-11-27)5-1-2-6-19/h3-4,9,12H,1-2,5-8,10-11H2,(H3,24,26,28). The summed E-state index contributed by atoms with van der Waals surface area (Å²) in [6.45, 7) is 1.70. The van der Waals surface area contributed by atoms with Crippen LogP contribution in [-0.4, -0.2) is 23.1 Å². The molecule has 2 fully saturated rings. The normalized spacial score (nSPS) is 19.1. The Labute approximate surface area is 170 Å². The number of nitrogens with two attached hydrogens (primary N) is 1. The molecule has 5 nitrogen and oxygen atoms in total. The number of aromatic nitrogens is 2. The van der Waals surface area contributed by atoms with Gasteiger partial charge in [0.25, 0.3) is 5.56 Å². The Morgan fingerprint density at radius 2 is 1.86 bits per heavy atom. The van der Waals surface area contributed by atoms with Gasteiger partial charge in [-0.25, -0.2) is 0 Å². The number of rotatable bonds is 3. The lowest BCUT2D eigenvalue weighted by molar-refractivity contribution is -0.143. The molecule has 0 bridgehead atoms. The Kier molecular flexibility index (Phi) is 5.27. The molecule has 1 aliphatic heterocycles. The first-order valence-corrected chi connectivity index (χ1v) is 10.6. The molecule has 2 aromatic heterocycles. The van der Waals surface area contributed by atoms with Crippen LogP contribution in [0, 0.1) is 5.41 Å². The smallest absolute Gasteiger partial charge is 0.398 e. The number of alkyl halides is 3. The number of aromatic amines is 1. The first-order chi connectivity index (χ1) is 13.8. The first-order valence-electron chi connectivity index (χ1n) is 9.75. The monoisotopic (exact) mass is 424 g/mol. The number of hydrogen-bond acceptors (Lipinski definition) is 5. The van der Waals surface area contributed by atoms with Gasteiger partial charge in [0.2, 0.25) is 0 Å². The quantitative estimate of drug-likeness (QED) is 0.748. The van der Waals surface area contributed by atoms with Crippen molar-refractivity contribution in [1.82, 2.24) is 9.97 Å². The summed E-state index contributed by atoms with van der Waals surface area (Å²) in [5, 5.41) is 0. The number of anilines is 2. The summed E-state index contributed by atoms with van der Waals surface area (Å²) in [6, 6.07) is 4.35. The van der Waals surface area contributed by atoms with Gasteiger partial charge in [-0.3, -0.25) is 9.78 Å². The minimum atomic E-state index is -4.60. The Balaban J connectivity index is 1.55. The van der Waals surface area contributed by atoms with Crippen LogP contribution in [0.2, 0.25) is 0 Å². The molecule has 0 atom stereocenters. The second-order valence-electron chi connectivity index (χ2n) is 7.91. The van der Waals surface area contributed by atoms with E-state index in [1.807, 2.05) is 0 Å². The number of hydrogen-bond donors (Lipinski definition) is 2. The fourth-order valence-corrected chi connectivity index (χ4v) is 5.42. The van der Waals surface area contributed by atoms with E-state index in [2.05, 4.69) is 14.9 Å². The predicted molar refractivity (Wildman–Crippen MR) is 107 cm³/mol. The van der Waals surface area contributed by atoms with Crippen LogP contribution in [-0.2, 0) is 6.18 Å². The average molecular weight is 424 g/mol. The fraction of sp³-hybridized carbons (Fsp3) is 0.500. The van der Waals surface area contributed by atoms with Crippen molar-refractivity contribution < 1.29 is 13.2 Å². The zero-order valence-corrected chi connectivity index (χ0v) is 16.7. The third-order valence-electron chi connectivity index (χ3n) is 6.08. The Morgan fingerprint density at radius 3 is 2.48 bits per heavy atom. The topological polar surface area (TPSA) is 75.0 Å². The maximum absolute atomic E-state index is 13.2. The zero-order chi connectivity index (χ0) is 20.6. The van der Waals surface area contributed by atoms with E-state index >= 15 is 0 Å². The zero-order valence-electron chi connectivity index (χ0n) is 15.9. The number of nitrogen functional groups attached to an aromatic ring is 1. The summed E-state index contributed by atoms with van der Waals surface area (Å²) >= 11 is 0.695. The van der Waals surface area contributed by atoms with Crippen LogP contribution in [0.5, 0.6) is 0 Å². The maximum Gasteiger partial charge on any atom is 0.434 e. The lowest BCUT2D eigenvalue weighted by atomic mass is 9.77. The van der Waals surface area contributed by atoms with Gasteiger partial charge in [0.15, 0.2) is 5.69 Å². The fourth-order valence-electron chi connectivity index (χ4n) is 4.47. The highest BCUT2D eigenvalue weighted by molar-refractivity contribution is 7.99. The van der Waals surface area contributed by atoms with Crippen LogP contribution in [0.15, 0.2) is 39.0 Å². The van der Waals surface area contributed by atoms with Crippen molar-refractivity contribution >= 4 is 23.3 Å². The van der Waals surface area contributed by atoms with Crippen molar-refractivity contribution in [3.8, 4) is 0 Å². The van der Waals surface area contributed by atoms with Crippen molar-refractivity contribution in [3.63, 3.8) is 0 Å². The van der Waals surface area contributed by atoms with Crippen LogP contribution in [0.1, 0.15) is 44.2 Å². The second-order valence-corrected chi connectivity index (χ2v) is 8.96. The molecule has 29 heavy (non-hydrogen) atoms. The summed E-state index contributed by atoms with van der Waals surface area (Å²) in [6.07, 6.45) is 3.82. The molecule has 2 aliphatic rings. The van der Waals surface area contributed by atoms with E-state index in [1.54, 1.807) is 6.07 Å². The van der Waals surface area contributed by atoms with E-state index in [0.29, 0.717) is 23.0 Å². The molecule has 3 N–H and O–H groups in total. The second kappa shape index (κ2) is 7.59. The lowest BCUT2D eigenvalue weighted by Crippen LogP contribution is -2.40. The molecule has 1 aliphatic carbocycles. The van der Waals surface area contributed by atoms with Crippen LogP contribution in [0.3, 0.4) is 0 Å². The molecule has 3 heterocycles. The molecule has 0 unspecified atom stereocenters. The van der Waals surface area contributed by atoms with Crippen molar-refractivity contribution in [2.24, 2.45) is 5.41 Å². The predicted octanol–water partition coefficient (Wildman–Crippen LogP) is 4.68. The van der Waals surface area contributed by atoms with Gasteiger partial charge in [-0.05, 0) is 43.2 Å². The molecular formula is C20H23F3N4OS. The highest BCUT2D eigenvalue weighted by Crippen LogP contribution is 2.46. The SMILES string of the molecule is Nc1cc(N2CCC3(CCCC3)CC2)[nH]c(=O)c1Sc1cccnc1C(F)(F)F. The molecule has 0 aromatic carbocycles. The van der Waals surface area contributed by atoms with Crippen molar-refractivity contribution in [2.45, 2.75) is 54.5 Å². The van der Waals surface area contributed by atoms with Gasteiger partial charge in [0, 0.05) is 30.2 Å². The van der Waals surface area contributed by atoms with Gasteiger partial charge in [-0.1, -0.05) is 24.6 Å². The largest absolute Gasteiger partial charge is 0.434 e. The van der Waals surface area contributed by atoms with Crippen LogP contribution in [0.4, 0.5) is 24.7 Å². The third-order valence-corrected chi connectivity index (χ3v) is 7.26. The van der Waals surface area contributed by atoms with Gasteiger partial charge in [-0.15, -0.1) is 0 Å². The maximum atomic E-state index is 13.2. The first kappa shape index (κ1) is 20.1. The minimum Gasteiger partial charge on any atom is -0.398 e. The van der Waals surface area contributed by atoms with Crippen molar-refractivity contribution in [1.29, 1.82) is 0 Å². The molecule has 2 aromatic rings. The van der Waals surface area contributed by atoms with Gasteiger partial charge in [-0.2, -0.15) is 13.2 Å². The minimum absolute atomic E-state index is 0.0523.